The highest BCUT2D eigenvalue weighted by atomic mass is 32.2. The van der Waals surface area contributed by atoms with Crippen molar-refractivity contribution in [1.82, 2.24) is 19.6 Å². The van der Waals surface area contributed by atoms with Crippen molar-refractivity contribution in [2.24, 2.45) is 15.3 Å². The van der Waals surface area contributed by atoms with Gasteiger partial charge in [-0.25, -0.2) is 36.5 Å². The van der Waals surface area contributed by atoms with Crippen LogP contribution in [0.2, 0.25) is 0 Å². The minimum atomic E-state index is -3.96. The molecular weight excluding hydrogens is 530 g/mol. The third kappa shape index (κ3) is 7.67. The molecule has 0 bridgehead atoms. The Morgan fingerprint density at radius 2 is 1.89 bits per heavy atom. The molecule has 206 valence electrons. The Balaban J connectivity index is 1.64. The first-order valence-electron chi connectivity index (χ1n) is 12.3. The van der Waals surface area contributed by atoms with E-state index in [4.69, 9.17) is 11.7 Å². The first kappa shape index (κ1) is 29.4. The van der Waals surface area contributed by atoms with Crippen LogP contribution in [-0.4, -0.2) is 55.4 Å². The van der Waals surface area contributed by atoms with Crippen molar-refractivity contribution in [2.45, 2.75) is 70.1 Å². The highest BCUT2D eigenvalue weighted by molar-refractivity contribution is 7.89. The Morgan fingerprint density at radius 3 is 2.58 bits per heavy atom. The van der Waals surface area contributed by atoms with Crippen molar-refractivity contribution < 1.29 is 16.8 Å². The van der Waals surface area contributed by atoms with Gasteiger partial charge in [-0.15, -0.1) is 15.6 Å². The first-order valence-corrected chi connectivity index (χ1v) is 15.5. The zero-order chi connectivity index (χ0) is 27.9. The Bertz CT molecular complexity index is 1470. The molecule has 38 heavy (non-hydrogen) atoms. The number of rotatable bonds is 14. The summed E-state index contributed by atoms with van der Waals surface area (Å²) in [7, 11) is -7.36. The van der Waals surface area contributed by atoms with Crippen molar-refractivity contribution in [2.75, 3.05) is 12.3 Å². The van der Waals surface area contributed by atoms with Gasteiger partial charge in [-0.2, -0.15) is 5.10 Å². The zero-order valence-corrected chi connectivity index (χ0v) is 23.3. The second-order valence-corrected chi connectivity index (χ2v) is 12.5. The van der Waals surface area contributed by atoms with Gasteiger partial charge in [-0.05, 0) is 25.5 Å². The molecule has 1 aromatic carbocycles. The van der Waals surface area contributed by atoms with E-state index in [-0.39, 0.29) is 34.5 Å². The molecular formula is C23H32N9O4S2-. The Labute approximate surface area is 223 Å². The second kappa shape index (κ2) is 12.6. The van der Waals surface area contributed by atoms with Crippen LogP contribution in [0.5, 0.6) is 0 Å². The monoisotopic (exact) mass is 562 g/mol. The molecule has 0 spiro atoms. The fraction of sp³-hybridized carbons (Fsp3) is 0.522. The van der Waals surface area contributed by atoms with E-state index in [1.54, 1.807) is 6.92 Å². The molecule has 3 rings (SSSR count). The molecule has 2 heterocycles. The molecule has 0 fully saturated rings. The zero-order valence-electron chi connectivity index (χ0n) is 21.6. The summed E-state index contributed by atoms with van der Waals surface area (Å²) in [6, 6.07) is 3.72. The number of unbranched alkanes of at least 4 members (excludes halogenated alkanes) is 5. The van der Waals surface area contributed by atoms with E-state index in [0.717, 1.165) is 31.7 Å². The number of nitrogens with two attached hydrogens (primary N) is 1. The lowest BCUT2D eigenvalue weighted by molar-refractivity contribution is 0.562. The summed E-state index contributed by atoms with van der Waals surface area (Å²) in [5.41, 5.74) is 5.03. The molecule has 13 nitrogen and oxygen atoms in total. The van der Waals surface area contributed by atoms with Crippen LogP contribution < -0.4 is 9.86 Å². The minimum absolute atomic E-state index is 0.0301. The van der Waals surface area contributed by atoms with Gasteiger partial charge >= 0.3 is 0 Å². The lowest BCUT2D eigenvalue weighted by Crippen LogP contribution is -2.30. The third-order valence-corrected chi connectivity index (χ3v) is 8.22. The summed E-state index contributed by atoms with van der Waals surface area (Å²) in [6.07, 6.45) is 6.01. The van der Waals surface area contributed by atoms with E-state index >= 15 is 0 Å². The van der Waals surface area contributed by atoms with Crippen LogP contribution in [-0.2, 0) is 20.0 Å². The topological polar surface area (TPSA) is 180 Å². The van der Waals surface area contributed by atoms with Gasteiger partial charge in [0.25, 0.3) is 0 Å². The van der Waals surface area contributed by atoms with Crippen LogP contribution in [0.15, 0.2) is 33.3 Å². The number of nitrogens with one attached hydrogen (secondary N) is 1. The molecule has 2 aromatic rings. The lowest BCUT2D eigenvalue weighted by atomic mass is 10.1. The summed E-state index contributed by atoms with van der Waals surface area (Å²) < 4.78 is 50.5. The molecule has 1 aliphatic rings. The summed E-state index contributed by atoms with van der Waals surface area (Å²) in [5, 5.41) is 18.0. The highest BCUT2D eigenvalue weighted by Crippen LogP contribution is 2.34. The van der Waals surface area contributed by atoms with Crippen molar-refractivity contribution in [1.29, 1.82) is 0 Å². The fourth-order valence-electron chi connectivity index (χ4n) is 3.66. The Morgan fingerprint density at radius 1 is 1.18 bits per heavy atom. The van der Waals surface area contributed by atoms with Gasteiger partial charge in [0.1, 0.15) is 5.71 Å². The maximum Gasteiger partial charge on any atom is 0.236 e. The van der Waals surface area contributed by atoms with Crippen LogP contribution in [0.4, 0.5) is 11.4 Å². The van der Waals surface area contributed by atoms with Crippen LogP contribution in [0.25, 0.3) is 10.3 Å². The predicted octanol–water partition coefficient (Wildman–Crippen LogP) is 3.51. The fourth-order valence-corrected chi connectivity index (χ4v) is 5.43. The lowest BCUT2D eigenvalue weighted by Gasteiger charge is -2.19. The van der Waals surface area contributed by atoms with Crippen molar-refractivity contribution in [3.8, 4) is 0 Å². The minimum Gasteiger partial charge on any atom is -0.584 e. The SMILES string of the molecule is [C-]#[N+]c1cc(S(N)(=O)=O)ccc1[N-]N=C1C(C)=Nn2nc(C(C)CNS(=O)(=O)CCCCCCCC)nc21. The molecule has 0 saturated heterocycles. The van der Waals surface area contributed by atoms with Gasteiger partial charge in [-0.1, -0.05) is 52.0 Å². The smallest absolute Gasteiger partial charge is 0.236 e. The summed E-state index contributed by atoms with van der Waals surface area (Å²) in [5.74, 6) is 0.491. The number of primary sulfonamides is 1. The van der Waals surface area contributed by atoms with Crippen LogP contribution in [0.3, 0.4) is 0 Å². The molecule has 15 heteroatoms. The molecule has 0 saturated carbocycles. The number of hydrogen-bond donors (Lipinski definition) is 2. The highest BCUT2D eigenvalue weighted by Gasteiger charge is 2.25. The molecule has 0 radical (unpaired) electrons. The average molecular weight is 563 g/mol. The molecule has 1 aromatic heterocycles. The van der Waals surface area contributed by atoms with Gasteiger partial charge < -0.3 is 10.5 Å². The number of fused-ring (bicyclic) bond motifs is 1. The number of nitrogens with zero attached hydrogens (tertiary/aromatic N) is 7. The molecule has 1 unspecified atom stereocenters. The molecule has 0 aliphatic carbocycles. The maximum absolute atomic E-state index is 12.4. The van der Waals surface area contributed by atoms with Crippen molar-refractivity contribution in [3.05, 3.63) is 46.7 Å². The number of hydrogen-bond acceptors (Lipinski definition) is 8. The molecule has 3 N–H and O–H groups in total. The summed E-state index contributed by atoms with van der Waals surface area (Å²) >= 11 is 0. The van der Waals surface area contributed by atoms with Gasteiger partial charge in [-0.3, -0.25) is 0 Å². The first-order chi connectivity index (χ1) is 17.9. The molecule has 0 amide bonds. The molecule has 1 atom stereocenters. The van der Waals surface area contributed by atoms with Crippen molar-refractivity contribution >= 4 is 42.8 Å². The van der Waals surface area contributed by atoms with E-state index in [2.05, 4.69) is 42.2 Å². The van der Waals surface area contributed by atoms with Crippen LogP contribution >= 0.6 is 0 Å². The maximum atomic E-state index is 12.4. The van der Waals surface area contributed by atoms with Gasteiger partial charge in [0.15, 0.2) is 11.5 Å². The van der Waals surface area contributed by atoms with Gasteiger partial charge in [0.05, 0.1) is 22.9 Å². The molecule has 1 aliphatic heterocycles. The van der Waals surface area contributed by atoms with Gasteiger partial charge in [0, 0.05) is 12.5 Å². The Kier molecular flexibility index (Phi) is 9.71. The van der Waals surface area contributed by atoms with E-state index in [1.807, 2.05) is 6.92 Å². The number of sulfonamides is 2. The summed E-state index contributed by atoms with van der Waals surface area (Å²) in [6.45, 7) is 13.1. The third-order valence-electron chi connectivity index (χ3n) is 5.88. The van der Waals surface area contributed by atoms with Crippen molar-refractivity contribution in [3.63, 3.8) is 0 Å². The summed E-state index contributed by atoms with van der Waals surface area (Å²) in [4.78, 5) is 8.89. The Hall–Kier alpha value is -3.19. The quantitative estimate of drug-likeness (QED) is 0.202. The largest absolute Gasteiger partial charge is 0.584 e. The van der Waals surface area contributed by atoms with E-state index in [1.165, 1.54) is 23.3 Å². The number of benzene rings is 1. The predicted molar refractivity (Wildman–Crippen MR) is 146 cm³/mol. The average Bonchev–Trinajstić information content (AvgIpc) is 3.40. The van der Waals surface area contributed by atoms with E-state index in [9.17, 15) is 16.8 Å². The van der Waals surface area contributed by atoms with E-state index in [0.29, 0.717) is 29.5 Å². The van der Waals surface area contributed by atoms with Gasteiger partial charge in [0.2, 0.25) is 25.9 Å². The standard InChI is InChI=1S/C23H32N9O4S2/c1-5-6-7-8-9-10-13-37(33,34)26-15-16(2)22-27-23-21(17(3)30-32(23)31-22)29-28-19-12-11-18(38(24,35)36)14-20(19)25-4/h11-12,14,16,26H,5-10,13,15H2,1-3H3,(H2,24,35,36)/q-1. The number of aromatic nitrogens is 3. The van der Waals surface area contributed by atoms with Crippen LogP contribution in [0.1, 0.15) is 76.9 Å². The van der Waals surface area contributed by atoms with Crippen LogP contribution in [0, 0.1) is 6.57 Å². The van der Waals surface area contributed by atoms with E-state index < -0.39 is 20.0 Å². The second-order valence-electron chi connectivity index (χ2n) is 9.06. The normalized spacial score (nSPS) is 15.2.